The highest BCUT2D eigenvalue weighted by atomic mass is 127. The van der Waals surface area contributed by atoms with Crippen LogP contribution in [0, 0.1) is 21.8 Å². The van der Waals surface area contributed by atoms with E-state index in [0.717, 1.165) is 20.5 Å². The third kappa shape index (κ3) is 5.22. The zero-order chi connectivity index (χ0) is 18.4. The molecule has 0 aromatic heterocycles. The molecule has 128 valence electrons. The van der Waals surface area contributed by atoms with Gasteiger partial charge in [0, 0.05) is 40.9 Å². The van der Waals surface area contributed by atoms with Crippen LogP contribution in [0.15, 0.2) is 54.2 Å². The van der Waals surface area contributed by atoms with Crippen LogP contribution in [0.3, 0.4) is 0 Å². The lowest BCUT2D eigenvalue weighted by molar-refractivity contribution is -0.112. The summed E-state index contributed by atoms with van der Waals surface area (Å²) in [6.07, 6.45) is 1.42. The van der Waals surface area contributed by atoms with Crippen molar-refractivity contribution in [3.05, 3.63) is 63.4 Å². The monoisotopic (exact) mass is 446 g/mol. The van der Waals surface area contributed by atoms with Gasteiger partial charge in [-0.15, -0.1) is 0 Å². The fourth-order valence-corrected chi connectivity index (χ4v) is 2.78. The van der Waals surface area contributed by atoms with Crippen molar-refractivity contribution in [1.29, 1.82) is 5.26 Å². The number of anilines is 3. The molecule has 5 nitrogen and oxygen atoms in total. The highest BCUT2D eigenvalue weighted by Gasteiger charge is 2.11. The molecule has 0 heterocycles. The molecule has 0 aliphatic heterocycles. The third-order valence-electron chi connectivity index (χ3n) is 3.55. The minimum absolute atomic E-state index is 0.00760. The van der Waals surface area contributed by atoms with Crippen LogP contribution in [-0.2, 0) is 4.79 Å². The van der Waals surface area contributed by atoms with Gasteiger partial charge >= 0.3 is 0 Å². The average molecular weight is 446 g/mol. The van der Waals surface area contributed by atoms with Crippen LogP contribution in [-0.4, -0.2) is 20.0 Å². The van der Waals surface area contributed by atoms with E-state index in [1.807, 2.05) is 74.5 Å². The fourth-order valence-electron chi connectivity index (χ4n) is 2.13. The van der Waals surface area contributed by atoms with Gasteiger partial charge in [0.05, 0.1) is 0 Å². The van der Waals surface area contributed by atoms with Crippen LogP contribution >= 0.6 is 22.6 Å². The zero-order valence-electron chi connectivity index (χ0n) is 14.3. The Labute approximate surface area is 161 Å². The molecule has 0 aliphatic carbocycles. The number of nitrogens with one attached hydrogen (secondary N) is 2. The summed E-state index contributed by atoms with van der Waals surface area (Å²) in [5, 5.41) is 15.1. The third-order valence-corrected chi connectivity index (χ3v) is 4.22. The molecule has 0 saturated carbocycles. The van der Waals surface area contributed by atoms with Gasteiger partial charge in [-0.2, -0.15) is 5.26 Å². The molecule has 0 fully saturated rings. The Bertz CT molecular complexity index is 853. The molecule has 1 amide bonds. The van der Waals surface area contributed by atoms with Crippen LogP contribution in [0.1, 0.15) is 5.56 Å². The lowest BCUT2D eigenvalue weighted by Crippen LogP contribution is -2.15. The molecule has 2 N–H and O–H groups in total. The number of carbonyl (C=O) groups is 1. The van der Waals surface area contributed by atoms with Crippen molar-refractivity contribution in [3.8, 4) is 6.07 Å². The van der Waals surface area contributed by atoms with Crippen molar-refractivity contribution in [2.45, 2.75) is 6.92 Å². The fraction of sp³-hybridized carbons (Fsp3) is 0.158. The summed E-state index contributed by atoms with van der Waals surface area (Å²) >= 11 is 2.21. The minimum Gasteiger partial charge on any atom is -0.378 e. The van der Waals surface area contributed by atoms with Gasteiger partial charge in [-0.25, -0.2) is 0 Å². The van der Waals surface area contributed by atoms with E-state index in [2.05, 4.69) is 33.2 Å². The second kappa shape index (κ2) is 8.53. The number of halogens is 1. The van der Waals surface area contributed by atoms with E-state index < -0.39 is 5.91 Å². The summed E-state index contributed by atoms with van der Waals surface area (Å²) in [7, 11) is 3.90. The maximum absolute atomic E-state index is 12.3. The quantitative estimate of drug-likeness (QED) is 0.412. The van der Waals surface area contributed by atoms with Gasteiger partial charge < -0.3 is 15.5 Å². The summed E-state index contributed by atoms with van der Waals surface area (Å²) in [5.41, 5.74) is 3.48. The number of amides is 1. The molecule has 6 heteroatoms. The zero-order valence-corrected chi connectivity index (χ0v) is 16.5. The minimum atomic E-state index is -0.442. The number of aryl methyl sites for hydroxylation is 1. The standard InChI is InChI=1S/C19H19IN4O/c1-13-9-15(20)7-8-18(13)23-19(25)14(11-21)12-22-16-5-4-6-17(10-16)24(2)3/h4-10,12,22H,1-3H3,(H,23,25)/b14-12-. The molecule has 0 saturated heterocycles. The normalized spacial score (nSPS) is 10.8. The number of carbonyl (C=O) groups excluding carboxylic acids is 1. The van der Waals surface area contributed by atoms with E-state index in [-0.39, 0.29) is 5.57 Å². The van der Waals surface area contributed by atoms with Gasteiger partial charge in [0.15, 0.2) is 0 Å². The van der Waals surface area contributed by atoms with Gasteiger partial charge in [-0.05, 0) is 71.5 Å². The number of nitriles is 1. The Morgan fingerprint density at radius 3 is 2.64 bits per heavy atom. The number of hydrogen-bond donors (Lipinski definition) is 2. The van der Waals surface area contributed by atoms with E-state index in [1.54, 1.807) is 0 Å². The highest BCUT2D eigenvalue weighted by Crippen LogP contribution is 2.19. The average Bonchev–Trinajstić information content (AvgIpc) is 2.58. The lowest BCUT2D eigenvalue weighted by atomic mass is 10.2. The molecule has 0 bridgehead atoms. The number of nitrogens with zero attached hydrogens (tertiary/aromatic N) is 2. The van der Waals surface area contributed by atoms with Crippen molar-refractivity contribution in [1.82, 2.24) is 0 Å². The number of rotatable bonds is 5. The van der Waals surface area contributed by atoms with Gasteiger partial charge in [0.25, 0.3) is 5.91 Å². The largest absolute Gasteiger partial charge is 0.378 e. The first-order valence-corrected chi connectivity index (χ1v) is 8.70. The first-order chi connectivity index (χ1) is 11.9. The van der Waals surface area contributed by atoms with Crippen LogP contribution < -0.4 is 15.5 Å². The Morgan fingerprint density at radius 1 is 1.24 bits per heavy atom. The Kier molecular flexibility index (Phi) is 6.42. The second-order valence-electron chi connectivity index (χ2n) is 5.67. The molecular formula is C19H19IN4O. The topological polar surface area (TPSA) is 68.2 Å². The van der Waals surface area contributed by atoms with Crippen LogP contribution in [0.2, 0.25) is 0 Å². The van der Waals surface area contributed by atoms with E-state index in [0.29, 0.717) is 5.69 Å². The van der Waals surface area contributed by atoms with Crippen molar-refractivity contribution in [2.75, 3.05) is 29.6 Å². The van der Waals surface area contributed by atoms with Crippen molar-refractivity contribution in [3.63, 3.8) is 0 Å². The van der Waals surface area contributed by atoms with E-state index in [1.165, 1.54) is 6.20 Å². The van der Waals surface area contributed by atoms with Gasteiger partial charge in [0.2, 0.25) is 0 Å². The molecule has 0 aliphatic rings. The molecule has 25 heavy (non-hydrogen) atoms. The first-order valence-electron chi connectivity index (χ1n) is 7.62. The number of benzene rings is 2. The second-order valence-corrected chi connectivity index (χ2v) is 6.92. The summed E-state index contributed by atoms with van der Waals surface area (Å²) in [4.78, 5) is 14.3. The van der Waals surface area contributed by atoms with Crippen LogP contribution in [0.4, 0.5) is 17.1 Å². The Hall–Kier alpha value is -2.53. The van der Waals surface area contributed by atoms with Crippen LogP contribution in [0.5, 0.6) is 0 Å². The molecule has 2 aromatic rings. The lowest BCUT2D eigenvalue weighted by Gasteiger charge is -2.13. The smallest absolute Gasteiger partial charge is 0.267 e. The number of hydrogen-bond acceptors (Lipinski definition) is 4. The van der Waals surface area contributed by atoms with Crippen molar-refractivity contribution >= 4 is 45.6 Å². The Balaban J connectivity index is 2.13. The van der Waals surface area contributed by atoms with Crippen molar-refractivity contribution in [2.24, 2.45) is 0 Å². The van der Waals surface area contributed by atoms with Gasteiger partial charge in [-0.3, -0.25) is 4.79 Å². The molecule has 2 rings (SSSR count). The van der Waals surface area contributed by atoms with Gasteiger partial charge in [-0.1, -0.05) is 6.07 Å². The summed E-state index contributed by atoms with van der Waals surface area (Å²) < 4.78 is 1.09. The summed E-state index contributed by atoms with van der Waals surface area (Å²) in [6.45, 7) is 1.92. The Morgan fingerprint density at radius 2 is 2.00 bits per heavy atom. The van der Waals surface area contributed by atoms with E-state index in [9.17, 15) is 10.1 Å². The van der Waals surface area contributed by atoms with E-state index in [4.69, 9.17) is 0 Å². The SMILES string of the molecule is Cc1cc(I)ccc1NC(=O)/C(C#N)=C\Nc1cccc(N(C)C)c1. The molecule has 0 spiro atoms. The van der Waals surface area contributed by atoms with Crippen molar-refractivity contribution < 1.29 is 4.79 Å². The van der Waals surface area contributed by atoms with Crippen LogP contribution in [0.25, 0.3) is 0 Å². The van der Waals surface area contributed by atoms with E-state index >= 15 is 0 Å². The first kappa shape index (κ1) is 18.8. The molecular weight excluding hydrogens is 427 g/mol. The highest BCUT2D eigenvalue weighted by molar-refractivity contribution is 14.1. The maximum Gasteiger partial charge on any atom is 0.267 e. The summed E-state index contributed by atoms with van der Waals surface area (Å²) in [6, 6.07) is 15.3. The molecule has 0 unspecified atom stereocenters. The van der Waals surface area contributed by atoms with Gasteiger partial charge in [0.1, 0.15) is 11.6 Å². The maximum atomic E-state index is 12.3. The predicted octanol–water partition coefficient (Wildman–Crippen LogP) is 4.12. The summed E-state index contributed by atoms with van der Waals surface area (Å²) in [5.74, 6) is -0.442. The molecule has 0 radical (unpaired) electrons. The molecule has 0 atom stereocenters. The predicted molar refractivity (Wildman–Crippen MR) is 111 cm³/mol. The molecule has 2 aromatic carbocycles.